The summed E-state index contributed by atoms with van der Waals surface area (Å²) in [6, 6.07) is 14.5. The van der Waals surface area contributed by atoms with Crippen LogP contribution >= 0.6 is 0 Å². The number of carbonyl (C=O) groups excluding carboxylic acids is 2. The van der Waals surface area contributed by atoms with Crippen molar-refractivity contribution in [2.45, 2.75) is 39.3 Å². The number of nitrogens with two attached hydrogens (primary N) is 1. The molecular formula is C22H24N4O2. The average molecular weight is 376 g/mol. The van der Waals surface area contributed by atoms with E-state index in [4.69, 9.17) is 11.0 Å². The summed E-state index contributed by atoms with van der Waals surface area (Å²) in [5.74, 6) is -0.427. The molecule has 6 heteroatoms. The third kappa shape index (κ3) is 3.44. The standard InChI is InChI=1S/C22H24N4O2/c1-4-19-13(2)21(25-17-8-5-15(12-23)6-9-17)18-11-16(22(24)28)7-10-20(18)26(19)14(3)27/h5-11,13,19,21,25H,4H2,1-3H3,(H2,24,28)/t13-,19-,21+/m0/s1. The maximum absolute atomic E-state index is 12.4. The van der Waals surface area contributed by atoms with Crippen molar-refractivity contribution in [2.75, 3.05) is 10.2 Å². The van der Waals surface area contributed by atoms with Gasteiger partial charge in [0.15, 0.2) is 0 Å². The number of amides is 2. The Morgan fingerprint density at radius 2 is 1.89 bits per heavy atom. The summed E-state index contributed by atoms with van der Waals surface area (Å²) in [6.45, 7) is 5.74. The molecule has 1 aliphatic heterocycles. The zero-order chi connectivity index (χ0) is 20.4. The molecule has 1 aliphatic rings. The van der Waals surface area contributed by atoms with E-state index in [9.17, 15) is 9.59 Å². The summed E-state index contributed by atoms with van der Waals surface area (Å²) in [5, 5.41) is 12.5. The number of rotatable bonds is 4. The molecule has 3 atom stereocenters. The van der Waals surface area contributed by atoms with Crippen LogP contribution < -0.4 is 16.0 Å². The number of nitrogens with one attached hydrogen (secondary N) is 1. The van der Waals surface area contributed by atoms with Crippen LogP contribution in [0, 0.1) is 17.2 Å². The van der Waals surface area contributed by atoms with E-state index in [0.29, 0.717) is 11.1 Å². The summed E-state index contributed by atoms with van der Waals surface area (Å²) in [4.78, 5) is 26.0. The quantitative estimate of drug-likeness (QED) is 0.852. The van der Waals surface area contributed by atoms with Crippen molar-refractivity contribution in [2.24, 2.45) is 11.7 Å². The number of anilines is 2. The molecular weight excluding hydrogens is 352 g/mol. The fraction of sp³-hybridized carbons (Fsp3) is 0.318. The van der Waals surface area contributed by atoms with E-state index >= 15 is 0 Å². The van der Waals surface area contributed by atoms with Crippen molar-refractivity contribution in [3.05, 3.63) is 59.2 Å². The first-order valence-electron chi connectivity index (χ1n) is 9.37. The maximum Gasteiger partial charge on any atom is 0.248 e. The van der Waals surface area contributed by atoms with Crippen LogP contribution in [-0.2, 0) is 4.79 Å². The Hall–Kier alpha value is -3.33. The summed E-state index contributed by atoms with van der Waals surface area (Å²) in [7, 11) is 0. The van der Waals surface area contributed by atoms with Gasteiger partial charge < -0.3 is 16.0 Å². The zero-order valence-electron chi connectivity index (χ0n) is 16.3. The van der Waals surface area contributed by atoms with Gasteiger partial charge >= 0.3 is 0 Å². The summed E-state index contributed by atoms with van der Waals surface area (Å²) < 4.78 is 0. The number of nitrogens with zero attached hydrogens (tertiary/aromatic N) is 2. The largest absolute Gasteiger partial charge is 0.378 e. The first kappa shape index (κ1) is 19.4. The number of carbonyl (C=O) groups is 2. The number of primary amides is 1. The minimum absolute atomic E-state index is 0.0244. The molecule has 0 spiro atoms. The van der Waals surface area contributed by atoms with E-state index in [-0.39, 0.29) is 23.9 Å². The topological polar surface area (TPSA) is 99.2 Å². The Bertz CT molecular complexity index is 946. The van der Waals surface area contributed by atoms with E-state index in [1.54, 1.807) is 37.3 Å². The van der Waals surface area contributed by atoms with Crippen molar-refractivity contribution < 1.29 is 9.59 Å². The lowest BCUT2D eigenvalue weighted by Crippen LogP contribution is -2.49. The molecule has 144 valence electrons. The van der Waals surface area contributed by atoms with E-state index in [1.807, 2.05) is 17.0 Å². The highest BCUT2D eigenvalue weighted by Gasteiger charge is 2.39. The SMILES string of the molecule is CC[C@H]1[C@H](C)[C@@H](Nc2ccc(C#N)cc2)c2cc(C(N)=O)ccc2N1C(C)=O. The Morgan fingerprint density at radius 1 is 1.21 bits per heavy atom. The molecule has 0 aromatic heterocycles. The highest BCUT2D eigenvalue weighted by atomic mass is 16.2. The summed E-state index contributed by atoms with van der Waals surface area (Å²) in [5.41, 5.74) is 9.03. The highest BCUT2D eigenvalue weighted by Crippen LogP contribution is 2.43. The van der Waals surface area contributed by atoms with Gasteiger partial charge in [-0.15, -0.1) is 0 Å². The summed E-state index contributed by atoms with van der Waals surface area (Å²) >= 11 is 0. The lowest BCUT2D eigenvalue weighted by atomic mass is 9.80. The molecule has 2 amide bonds. The summed E-state index contributed by atoms with van der Waals surface area (Å²) in [6.07, 6.45) is 0.809. The molecule has 6 nitrogen and oxygen atoms in total. The smallest absolute Gasteiger partial charge is 0.248 e. The molecule has 3 N–H and O–H groups in total. The first-order chi connectivity index (χ1) is 13.4. The predicted octanol–water partition coefficient (Wildman–Crippen LogP) is 3.59. The van der Waals surface area contributed by atoms with Gasteiger partial charge in [-0.25, -0.2) is 0 Å². The number of nitriles is 1. The molecule has 3 rings (SSSR count). The average Bonchev–Trinajstić information content (AvgIpc) is 2.69. The molecule has 2 aromatic rings. The monoisotopic (exact) mass is 376 g/mol. The lowest BCUT2D eigenvalue weighted by molar-refractivity contribution is -0.117. The van der Waals surface area contributed by atoms with Crippen molar-refractivity contribution in [3.63, 3.8) is 0 Å². The van der Waals surface area contributed by atoms with Crippen molar-refractivity contribution in [3.8, 4) is 6.07 Å². The van der Waals surface area contributed by atoms with Crippen LogP contribution in [0.5, 0.6) is 0 Å². The van der Waals surface area contributed by atoms with Gasteiger partial charge in [0.1, 0.15) is 0 Å². The van der Waals surface area contributed by atoms with Gasteiger partial charge in [0.05, 0.1) is 17.7 Å². The van der Waals surface area contributed by atoms with Gasteiger partial charge in [-0.05, 0) is 54.4 Å². The normalized spacial score (nSPS) is 20.8. The predicted molar refractivity (Wildman–Crippen MR) is 109 cm³/mol. The van der Waals surface area contributed by atoms with Crippen molar-refractivity contribution >= 4 is 23.2 Å². The number of fused-ring (bicyclic) bond motifs is 1. The molecule has 28 heavy (non-hydrogen) atoms. The molecule has 1 heterocycles. The highest BCUT2D eigenvalue weighted by molar-refractivity contribution is 5.97. The van der Waals surface area contributed by atoms with Gasteiger partial charge in [0, 0.05) is 35.8 Å². The second kappa shape index (κ2) is 7.73. The second-order valence-corrected chi connectivity index (χ2v) is 7.17. The first-order valence-corrected chi connectivity index (χ1v) is 9.37. The molecule has 0 saturated carbocycles. The molecule has 0 aliphatic carbocycles. The van der Waals surface area contributed by atoms with Crippen molar-refractivity contribution in [1.82, 2.24) is 0 Å². The van der Waals surface area contributed by atoms with Crippen LogP contribution in [0.25, 0.3) is 0 Å². The Balaban J connectivity index is 2.10. The van der Waals surface area contributed by atoms with Crippen LogP contribution in [0.3, 0.4) is 0 Å². The lowest BCUT2D eigenvalue weighted by Gasteiger charge is -2.45. The van der Waals surface area contributed by atoms with E-state index in [0.717, 1.165) is 23.4 Å². The van der Waals surface area contributed by atoms with Crippen molar-refractivity contribution in [1.29, 1.82) is 5.26 Å². The fourth-order valence-corrected chi connectivity index (χ4v) is 4.08. The molecule has 0 bridgehead atoms. The van der Waals surface area contributed by atoms with E-state index in [1.165, 1.54) is 0 Å². The maximum atomic E-state index is 12.4. The van der Waals surface area contributed by atoms with E-state index < -0.39 is 5.91 Å². The Kier molecular flexibility index (Phi) is 5.36. The van der Waals surface area contributed by atoms with Gasteiger partial charge in [0.2, 0.25) is 11.8 Å². The van der Waals surface area contributed by atoms with Crippen LogP contribution in [0.4, 0.5) is 11.4 Å². The Morgan fingerprint density at radius 3 is 2.43 bits per heavy atom. The Labute approximate surface area is 164 Å². The molecule has 0 radical (unpaired) electrons. The van der Waals surface area contributed by atoms with E-state index in [2.05, 4.69) is 25.2 Å². The fourth-order valence-electron chi connectivity index (χ4n) is 4.08. The van der Waals surface area contributed by atoms with Gasteiger partial charge in [-0.1, -0.05) is 13.8 Å². The second-order valence-electron chi connectivity index (χ2n) is 7.17. The molecule has 0 fully saturated rings. The molecule has 0 saturated heterocycles. The number of benzene rings is 2. The van der Waals surface area contributed by atoms with Gasteiger partial charge in [-0.3, -0.25) is 9.59 Å². The third-order valence-corrected chi connectivity index (χ3v) is 5.46. The minimum Gasteiger partial charge on any atom is -0.378 e. The minimum atomic E-state index is -0.500. The van der Waals surface area contributed by atoms with Crippen LogP contribution in [0.15, 0.2) is 42.5 Å². The third-order valence-electron chi connectivity index (χ3n) is 5.46. The molecule has 2 aromatic carbocycles. The van der Waals surface area contributed by atoms with Gasteiger partial charge in [-0.2, -0.15) is 5.26 Å². The van der Waals surface area contributed by atoms with Crippen LogP contribution in [-0.4, -0.2) is 17.9 Å². The zero-order valence-corrected chi connectivity index (χ0v) is 16.3. The van der Waals surface area contributed by atoms with Crippen LogP contribution in [0.1, 0.15) is 54.7 Å². The number of hydrogen-bond acceptors (Lipinski definition) is 4. The van der Waals surface area contributed by atoms with Gasteiger partial charge in [0.25, 0.3) is 0 Å². The number of hydrogen-bond donors (Lipinski definition) is 2. The van der Waals surface area contributed by atoms with Crippen LogP contribution in [0.2, 0.25) is 0 Å². The molecule has 0 unspecified atom stereocenters.